The van der Waals surface area contributed by atoms with Crippen LogP contribution in [0.5, 0.6) is 0 Å². The molecule has 2 N–H and O–H groups in total. The zero-order chi connectivity index (χ0) is 9.30. The highest BCUT2D eigenvalue weighted by Gasteiger charge is 2.14. The van der Waals surface area contributed by atoms with Crippen molar-refractivity contribution in [3.05, 3.63) is 19.8 Å². The number of anilines is 1. The second kappa shape index (κ2) is 3.82. The van der Waals surface area contributed by atoms with Gasteiger partial charge in [-0.2, -0.15) is 0 Å². The predicted molar refractivity (Wildman–Crippen MR) is 54.0 cm³/mol. The van der Waals surface area contributed by atoms with E-state index >= 15 is 0 Å². The molecule has 1 rings (SSSR count). The summed E-state index contributed by atoms with van der Waals surface area (Å²) in [6, 6.07) is 1.29. The van der Waals surface area contributed by atoms with Crippen LogP contribution in [-0.2, 0) is 0 Å². The lowest BCUT2D eigenvalue weighted by molar-refractivity contribution is 0.150. The molecule has 0 radical (unpaired) electrons. The van der Waals surface area contributed by atoms with Crippen molar-refractivity contribution in [2.75, 3.05) is 5.73 Å². The Morgan fingerprint density at radius 2 is 2.17 bits per heavy atom. The first-order chi connectivity index (χ1) is 5.52. The van der Waals surface area contributed by atoms with E-state index in [2.05, 4.69) is 20.9 Å². The van der Waals surface area contributed by atoms with Gasteiger partial charge in [0.1, 0.15) is 9.52 Å². The molecule has 0 bridgehead atoms. The highest BCUT2D eigenvalue weighted by atomic mass is 127. The normalized spacial score (nSPS) is 10.8. The minimum atomic E-state index is -2.51. The van der Waals surface area contributed by atoms with E-state index in [1.807, 2.05) is 0 Å². The van der Waals surface area contributed by atoms with Crippen molar-refractivity contribution in [3.8, 4) is 0 Å². The number of aromatic nitrogens is 1. The van der Waals surface area contributed by atoms with Crippen LogP contribution >= 0.6 is 38.5 Å². The van der Waals surface area contributed by atoms with Gasteiger partial charge in [0.25, 0.3) is 6.43 Å². The van der Waals surface area contributed by atoms with Crippen LogP contribution in [0.2, 0.25) is 0 Å². The number of alkyl halides is 2. The molecule has 0 amide bonds. The van der Waals surface area contributed by atoms with Crippen LogP contribution in [0.15, 0.2) is 10.5 Å². The average Bonchev–Trinajstić information content (AvgIpc) is 1.96. The number of rotatable bonds is 1. The van der Waals surface area contributed by atoms with E-state index in [1.54, 1.807) is 22.6 Å². The summed E-state index contributed by atoms with van der Waals surface area (Å²) in [5.41, 5.74) is 5.28. The van der Waals surface area contributed by atoms with Gasteiger partial charge in [-0.05, 0) is 44.6 Å². The van der Waals surface area contributed by atoms with Gasteiger partial charge >= 0.3 is 0 Å². The second-order valence-corrected chi connectivity index (χ2v) is 3.91. The van der Waals surface area contributed by atoms with Gasteiger partial charge in [-0.15, -0.1) is 0 Å². The Labute approximate surface area is 89.8 Å². The minimum Gasteiger partial charge on any atom is -0.383 e. The number of pyridine rings is 1. The van der Waals surface area contributed by atoms with Gasteiger partial charge in [-0.25, -0.2) is 13.8 Å². The summed E-state index contributed by atoms with van der Waals surface area (Å²) in [5.74, 6) is 0.226. The second-order valence-electron chi connectivity index (χ2n) is 2.04. The third-order valence-electron chi connectivity index (χ3n) is 1.22. The fraction of sp³-hybridized carbons (Fsp3) is 0.167. The first kappa shape index (κ1) is 10.1. The molecule has 0 aliphatic carbocycles. The molecule has 12 heavy (non-hydrogen) atoms. The SMILES string of the molecule is Nc1nc(I)c(C(F)F)cc1Br. The number of nitrogens with two attached hydrogens (primary N) is 1. The lowest BCUT2D eigenvalue weighted by Gasteiger charge is -2.04. The lowest BCUT2D eigenvalue weighted by atomic mass is 10.3. The molecule has 0 spiro atoms. The van der Waals surface area contributed by atoms with E-state index in [1.165, 1.54) is 6.07 Å². The summed E-state index contributed by atoms with van der Waals surface area (Å²) < 4.78 is 25.1. The molecule has 1 aromatic rings. The summed E-state index contributed by atoms with van der Waals surface area (Å²) in [6.45, 7) is 0. The van der Waals surface area contributed by atoms with Crippen LogP contribution in [0, 0.1) is 3.70 Å². The summed E-state index contributed by atoms with van der Waals surface area (Å²) in [6.07, 6.45) is -2.51. The van der Waals surface area contributed by atoms with Crippen molar-refractivity contribution in [2.24, 2.45) is 0 Å². The maximum Gasteiger partial charge on any atom is 0.266 e. The Bertz CT molecular complexity index is 306. The Kier molecular flexibility index (Phi) is 3.22. The monoisotopic (exact) mass is 348 g/mol. The topological polar surface area (TPSA) is 38.9 Å². The van der Waals surface area contributed by atoms with Crippen LogP contribution in [0.3, 0.4) is 0 Å². The molecule has 6 heteroatoms. The molecule has 1 aromatic heterocycles. The van der Waals surface area contributed by atoms with Gasteiger partial charge in [0.05, 0.1) is 10.0 Å². The first-order valence-electron chi connectivity index (χ1n) is 2.92. The van der Waals surface area contributed by atoms with Crippen molar-refractivity contribution in [1.82, 2.24) is 4.98 Å². The molecule has 2 nitrogen and oxygen atoms in total. The molecule has 0 fully saturated rings. The van der Waals surface area contributed by atoms with Crippen LogP contribution in [0.1, 0.15) is 12.0 Å². The van der Waals surface area contributed by atoms with E-state index in [0.717, 1.165) is 0 Å². The maximum atomic E-state index is 12.2. The van der Waals surface area contributed by atoms with Gasteiger partial charge < -0.3 is 5.73 Å². The maximum absolute atomic E-state index is 12.2. The number of hydrogen-bond acceptors (Lipinski definition) is 2. The molecular formula is C6H4BrF2IN2. The van der Waals surface area contributed by atoms with Crippen molar-refractivity contribution in [1.29, 1.82) is 0 Å². The Hall–Kier alpha value is 0.0200. The molecule has 66 valence electrons. The van der Waals surface area contributed by atoms with Crippen molar-refractivity contribution in [3.63, 3.8) is 0 Å². The van der Waals surface area contributed by atoms with Crippen molar-refractivity contribution < 1.29 is 8.78 Å². The van der Waals surface area contributed by atoms with Crippen molar-refractivity contribution in [2.45, 2.75) is 6.43 Å². The van der Waals surface area contributed by atoms with E-state index in [9.17, 15) is 8.78 Å². The highest BCUT2D eigenvalue weighted by Crippen LogP contribution is 2.28. The number of nitrogens with zero attached hydrogens (tertiary/aromatic N) is 1. The minimum absolute atomic E-state index is 0.100. The predicted octanol–water partition coefficient (Wildman–Crippen LogP) is 2.97. The molecule has 0 aliphatic heterocycles. The lowest BCUT2D eigenvalue weighted by Crippen LogP contribution is -1.99. The van der Waals surface area contributed by atoms with Crippen LogP contribution < -0.4 is 5.73 Å². The van der Waals surface area contributed by atoms with Crippen LogP contribution in [0.4, 0.5) is 14.6 Å². The third-order valence-corrected chi connectivity index (χ3v) is 2.72. The Morgan fingerprint density at radius 1 is 1.58 bits per heavy atom. The number of nitrogen functional groups attached to an aromatic ring is 1. The average molecular weight is 349 g/mol. The molecule has 0 aromatic carbocycles. The number of hydrogen-bond donors (Lipinski definition) is 1. The fourth-order valence-corrected chi connectivity index (χ4v) is 1.63. The van der Waals surface area contributed by atoms with Gasteiger partial charge in [0, 0.05) is 0 Å². The summed E-state index contributed by atoms with van der Waals surface area (Å²) >= 11 is 4.75. The molecule has 0 atom stereocenters. The zero-order valence-corrected chi connectivity index (χ0v) is 9.43. The fourth-order valence-electron chi connectivity index (χ4n) is 0.647. The van der Waals surface area contributed by atoms with Crippen LogP contribution in [-0.4, -0.2) is 4.98 Å². The summed E-state index contributed by atoms with van der Waals surface area (Å²) in [4.78, 5) is 3.73. The Balaban J connectivity index is 3.23. The standard InChI is InChI=1S/C6H4BrF2IN2/c7-3-1-2(4(8)9)5(10)12-6(3)11/h1,4H,(H2,11,12). The summed E-state index contributed by atoms with van der Waals surface area (Å²) in [7, 11) is 0. The van der Waals surface area contributed by atoms with E-state index < -0.39 is 6.43 Å². The smallest absolute Gasteiger partial charge is 0.266 e. The van der Waals surface area contributed by atoms with E-state index in [4.69, 9.17) is 5.73 Å². The largest absolute Gasteiger partial charge is 0.383 e. The third kappa shape index (κ3) is 2.03. The number of halogens is 4. The van der Waals surface area contributed by atoms with E-state index in [0.29, 0.717) is 4.47 Å². The first-order valence-corrected chi connectivity index (χ1v) is 4.79. The van der Waals surface area contributed by atoms with Crippen molar-refractivity contribution >= 4 is 44.3 Å². The van der Waals surface area contributed by atoms with Gasteiger partial charge in [0.15, 0.2) is 0 Å². The van der Waals surface area contributed by atoms with Gasteiger partial charge in [-0.3, -0.25) is 0 Å². The summed E-state index contributed by atoms with van der Waals surface area (Å²) in [5, 5.41) is 0. The van der Waals surface area contributed by atoms with Gasteiger partial charge in [-0.1, -0.05) is 0 Å². The highest BCUT2D eigenvalue weighted by molar-refractivity contribution is 14.1. The molecule has 0 unspecified atom stereocenters. The molecule has 0 saturated heterocycles. The Morgan fingerprint density at radius 3 is 2.67 bits per heavy atom. The zero-order valence-electron chi connectivity index (χ0n) is 5.69. The van der Waals surface area contributed by atoms with E-state index in [-0.39, 0.29) is 15.1 Å². The molecule has 1 heterocycles. The van der Waals surface area contributed by atoms with Crippen LogP contribution in [0.25, 0.3) is 0 Å². The molecular weight excluding hydrogens is 345 g/mol. The molecule has 0 saturated carbocycles. The van der Waals surface area contributed by atoms with Gasteiger partial charge in [0.2, 0.25) is 0 Å². The quantitative estimate of drug-likeness (QED) is 0.626. The molecule has 0 aliphatic rings.